The lowest BCUT2D eigenvalue weighted by molar-refractivity contribution is -0.384. The monoisotopic (exact) mass is 433 g/mol. The van der Waals surface area contributed by atoms with E-state index in [4.69, 9.17) is 0 Å². The molecule has 0 spiro atoms. The van der Waals surface area contributed by atoms with E-state index >= 15 is 0 Å². The fourth-order valence-corrected chi connectivity index (χ4v) is 4.88. The van der Waals surface area contributed by atoms with E-state index in [9.17, 15) is 28.4 Å². The highest BCUT2D eigenvalue weighted by molar-refractivity contribution is 7.92. The van der Waals surface area contributed by atoms with Crippen molar-refractivity contribution in [2.75, 3.05) is 10.8 Å². The van der Waals surface area contributed by atoms with Gasteiger partial charge in [-0.05, 0) is 37.1 Å². The van der Waals surface area contributed by atoms with Gasteiger partial charge in [-0.2, -0.15) is 0 Å². The molecule has 1 amide bonds. The van der Waals surface area contributed by atoms with Crippen LogP contribution >= 0.6 is 0 Å². The minimum atomic E-state index is -4.10. The number of hydrogen-bond donors (Lipinski definition) is 2. The van der Waals surface area contributed by atoms with Gasteiger partial charge < -0.3 is 10.4 Å². The number of sulfonamides is 1. The number of hydrogen-bond acceptors (Lipinski definition) is 6. The van der Waals surface area contributed by atoms with Gasteiger partial charge in [0.1, 0.15) is 6.54 Å². The number of nitro benzene ring substituents is 1. The summed E-state index contributed by atoms with van der Waals surface area (Å²) >= 11 is 0. The van der Waals surface area contributed by atoms with Crippen LogP contribution in [0, 0.1) is 10.1 Å². The van der Waals surface area contributed by atoms with Crippen LogP contribution < -0.4 is 9.62 Å². The second kappa shape index (κ2) is 9.23. The summed E-state index contributed by atoms with van der Waals surface area (Å²) in [4.78, 5) is 23.0. The van der Waals surface area contributed by atoms with Crippen molar-refractivity contribution < 1.29 is 23.2 Å². The van der Waals surface area contributed by atoms with Crippen molar-refractivity contribution in [1.29, 1.82) is 0 Å². The van der Waals surface area contributed by atoms with Gasteiger partial charge in [-0.1, -0.05) is 31.0 Å². The first-order valence-corrected chi connectivity index (χ1v) is 11.0. The fraction of sp³-hybridized carbons (Fsp3) is 0.350. The van der Waals surface area contributed by atoms with Crippen LogP contribution in [-0.4, -0.2) is 43.0 Å². The number of aliphatic hydroxyl groups is 1. The van der Waals surface area contributed by atoms with Gasteiger partial charge in [0, 0.05) is 12.1 Å². The summed E-state index contributed by atoms with van der Waals surface area (Å²) in [6, 6.07) is 12.2. The molecule has 2 N–H and O–H groups in total. The molecule has 2 aromatic rings. The van der Waals surface area contributed by atoms with E-state index in [1.54, 1.807) is 18.2 Å². The Kier molecular flexibility index (Phi) is 6.68. The predicted molar refractivity (Wildman–Crippen MR) is 110 cm³/mol. The average Bonchev–Trinajstić information content (AvgIpc) is 2.74. The van der Waals surface area contributed by atoms with Crippen LogP contribution in [0.25, 0.3) is 0 Å². The highest BCUT2D eigenvalue weighted by atomic mass is 32.2. The van der Waals surface area contributed by atoms with E-state index in [1.807, 2.05) is 0 Å². The summed E-state index contributed by atoms with van der Waals surface area (Å²) in [5.41, 5.74) is -0.0608. The number of nitrogens with zero attached hydrogens (tertiary/aromatic N) is 2. The number of nitro groups is 1. The molecule has 9 nitrogen and oxygen atoms in total. The molecule has 1 fully saturated rings. The van der Waals surface area contributed by atoms with Gasteiger partial charge in [0.05, 0.1) is 27.7 Å². The Balaban J connectivity index is 1.89. The smallest absolute Gasteiger partial charge is 0.269 e. The van der Waals surface area contributed by atoms with Crippen molar-refractivity contribution in [3.63, 3.8) is 0 Å². The van der Waals surface area contributed by atoms with Crippen molar-refractivity contribution in [3.8, 4) is 0 Å². The third-order valence-corrected chi connectivity index (χ3v) is 6.83. The Morgan fingerprint density at radius 2 is 1.73 bits per heavy atom. The second-order valence-corrected chi connectivity index (χ2v) is 8.99. The Hall–Kier alpha value is -2.98. The zero-order chi connectivity index (χ0) is 21.7. The Labute approximate surface area is 174 Å². The number of aliphatic hydroxyl groups excluding tert-OH is 1. The van der Waals surface area contributed by atoms with E-state index < -0.39 is 39.5 Å². The van der Waals surface area contributed by atoms with Crippen LogP contribution in [0.1, 0.15) is 25.7 Å². The Morgan fingerprint density at radius 3 is 2.33 bits per heavy atom. The van der Waals surface area contributed by atoms with Crippen molar-refractivity contribution in [2.24, 2.45) is 0 Å². The summed E-state index contributed by atoms with van der Waals surface area (Å²) in [6.45, 7) is -0.516. The molecular weight excluding hydrogens is 410 g/mol. The fourth-order valence-electron chi connectivity index (χ4n) is 3.44. The minimum Gasteiger partial charge on any atom is -0.391 e. The molecule has 3 rings (SSSR count). The minimum absolute atomic E-state index is 0.00569. The zero-order valence-electron chi connectivity index (χ0n) is 16.2. The highest BCUT2D eigenvalue weighted by Crippen LogP contribution is 2.26. The molecule has 0 aliphatic heterocycles. The maximum Gasteiger partial charge on any atom is 0.269 e. The van der Waals surface area contributed by atoms with Crippen LogP contribution in [0.3, 0.4) is 0 Å². The predicted octanol–water partition coefficient (Wildman–Crippen LogP) is 2.21. The number of non-ortho nitro benzene ring substituents is 1. The van der Waals surface area contributed by atoms with Crippen LogP contribution in [0.5, 0.6) is 0 Å². The lowest BCUT2D eigenvalue weighted by atomic mass is 9.92. The summed E-state index contributed by atoms with van der Waals surface area (Å²) in [5.74, 6) is -0.557. The van der Waals surface area contributed by atoms with Gasteiger partial charge in [0.15, 0.2) is 0 Å². The number of rotatable bonds is 7. The molecule has 0 heterocycles. The normalized spacial score (nSPS) is 19.1. The van der Waals surface area contributed by atoms with Crippen molar-refractivity contribution in [2.45, 2.75) is 42.7 Å². The average molecular weight is 433 g/mol. The second-order valence-electron chi connectivity index (χ2n) is 7.12. The van der Waals surface area contributed by atoms with Gasteiger partial charge in [-0.3, -0.25) is 19.2 Å². The van der Waals surface area contributed by atoms with Crippen molar-refractivity contribution in [3.05, 3.63) is 64.7 Å². The number of amides is 1. The quantitative estimate of drug-likeness (QED) is 0.509. The molecule has 1 saturated carbocycles. The summed E-state index contributed by atoms with van der Waals surface area (Å²) < 4.78 is 27.3. The van der Waals surface area contributed by atoms with Gasteiger partial charge in [-0.25, -0.2) is 8.42 Å². The molecule has 1 aliphatic rings. The molecule has 0 aromatic heterocycles. The maximum atomic E-state index is 13.2. The molecule has 2 aromatic carbocycles. The number of benzene rings is 2. The van der Waals surface area contributed by atoms with E-state index in [0.29, 0.717) is 12.8 Å². The topological polar surface area (TPSA) is 130 Å². The summed E-state index contributed by atoms with van der Waals surface area (Å²) in [5, 5.41) is 23.7. The van der Waals surface area contributed by atoms with Crippen LogP contribution in [0.2, 0.25) is 0 Å². The molecule has 1 aliphatic carbocycles. The first kappa shape index (κ1) is 21.7. The zero-order valence-corrected chi connectivity index (χ0v) is 17.0. The van der Waals surface area contributed by atoms with E-state index in [-0.39, 0.29) is 16.3 Å². The molecule has 30 heavy (non-hydrogen) atoms. The van der Waals surface area contributed by atoms with Gasteiger partial charge in [0.2, 0.25) is 5.91 Å². The first-order chi connectivity index (χ1) is 14.3. The Morgan fingerprint density at radius 1 is 1.10 bits per heavy atom. The molecule has 0 saturated heterocycles. The number of carbonyl (C=O) groups excluding carboxylic acids is 1. The summed E-state index contributed by atoms with van der Waals surface area (Å²) in [7, 11) is -4.10. The Bertz CT molecular complexity index is 995. The van der Waals surface area contributed by atoms with E-state index in [1.165, 1.54) is 36.4 Å². The molecule has 0 unspecified atom stereocenters. The molecule has 0 radical (unpaired) electrons. The molecule has 2 atom stereocenters. The standard InChI is InChI=1S/C20H23N3O6S/c24-19-9-5-4-8-18(19)21-20(25)14-22(15-10-12-16(13-11-15)23(26)27)30(28,29)17-6-2-1-3-7-17/h1-3,6-7,10-13,18-19,24H,4-5,8-9,14H2,(H,21,25)/t18-,19-/m0/s1. The van der Waals surface area contributed by atoms with Crippen LogP contribution in [-0.2, 0) is 14.8 Å². The van der Waals surface area contributed by atoms with E-state index in [0.717, 1.165) is 17.1 Å². The number of carbonyl (C=O) groups is 1. The van der Waals surface area contributed by atoms with Crippen molar-refractivity contribution >= 4 is 27.3 Å². The highest BCUT2D eigenvalue weighted by Gasteiger charge is 2.30. The molecule has 10 heteroatoms. The van der Waals surface area contributed by atoms with Crippen LogP contribution in [0.15, 0.2) is 59.5 Å². The SMILES string of the molecule is O=C(CN(c1ccc([N+](=O)[O-])cc1)S(=O)(=O)c1ccccc1)N[C@H]1CCCC[C@@H]1O. The first-order valence-electron chi connectivity index (χ1n) is 9.59. The lowest BCUT2D eigenvalue weighted by Gasteiger charge is -2.30. The van der Waals surface area contributed by atoms with Crippen LogP contribution in [0.4, 0.5) is 11.4 Å². The van der Waals surface area contributed by atoms with Crippen molar-refractivity contribution in [1.82, 2.24) is 5.32 Å². The molecular formula is C20H23N3O6S. The number of anilines is 1. The van der Waals surface area contributed by atoms with Gasteiger partial charge in [0.25, 0.3) is 15.7 Å². The summed E-state index contributed by atoms with van der Waals surface area (Å²) in [6.07, 6.45) is 2.29. The molecule has 160 valence electrons. The third-order valence-electron chi connectivity index (χ3n) is 5.04. The largest absolute Gasteiger partial charge is 0.391 e. The van der Waals surface area contributed by atoms with Gasteiger partial charge in [-0.15, -0.1) is 0 Å². The third kappa shape index (κ3) is 4.95. The number of nitrogens with one attached hydrogen (secondary N) is 1. The van der Waals surface area contributed by atoms with E-state index in [2.05, 4.69) is 5.32 Å². The molecule has 0 bridgehead atoms. The maximum absolute atomic E-state index is 13.2. The lowest BCUT2D eigenvalue weighted by Crippen LogP contribution is -2.49. The van der Waals surface area contributed by atoms with Gasteiger partial charge >= 0.3 is 0 Å².